The van der Waals surface area contributed by atoms with Crippen molar-refractivity contribution in [2.75, 3.05) is 33.0 Å². The van der Waals surface area contributed by atoms with Crippen LogP contribution in [-0.2, 0) is 37.1 Å². The molecule has 1 heterocycles. The largest absolute Gasteiger partial charge is 0.486 e. The lowest BCUT2D eigenvalue weighted by molar-refractivity contribution is -0.148. The zero-order valence-corrected chi connectivity index (χ0v) is 16.4. The fourth-order valence-corrected chi connectivity index (χ4v) is 3.28. The highest BCUT2D eigenvalue weighted by Crippen LogP contribution is 2.51. The first kappa shape index (κ1) is 23.9. The molecular weight excluding hydrogens is 391 g/mol. The van der Waals surface area contributed by atoms with E-state index in [1.54, 1.807) is 0 Å². The molecule has 10 heteroatoms. The van der Waals surface area contributed by atoms with E-state index in [-0.39, 0.29) is 37.9 Å². The number of esters is 1. The number of carbonyl (C=O) groups excluding carboxylic acids is 1. The molecule has 2 atom stereocenters. The SMILES string of the molecule is C=CCOC1=C(OCC=C)[C@@H]([C@H](CO)OP(=O)(OCC=C)OCC=C)OC1=O. The molecule has 1 aliphatic heterocycles. The maximum Gasteiger partial charge on any atom is 0.475 e. The Kier molecular flexibility index (Phi) is 10.5. The van der Waals surface area contributed by atoms with Gasteiger partial charge in [-0.3, -0.25) is 13.6 Å². The summed E-state index contributed by atoms with van der Waals surface area (Å²) in [5, 5.41) is 9.75. The van der Waals surface area contributed by atoms with Crippen LogP contribution < -0.4 is 0 Å². The van der Waals surface area contributed by atoms with Gasteiger partial charge in [0.15, 0.2) is 11.9 Å². The van der Waals surface area contributed by atoms with Crippen LogP contribution in [0.3, 0.4) is 0 Å². The van der Waals surface area contributed by atoms with E-state index in [1.165, 1.54) is 24.3 Å². The molecule has 1 N–H and O–H groups in total. The van der Waals surface area contributed by atoms with Gasteiger partial charge in [-0.15, -0.1) is 13.2 Å². The minimum absolute atomic E-state index is 0.0200. The van der Waals surface area contributed by atoms with Gasteiger partial charge in [-0.1, -0.05) is 37.5 Å². The van der Waals surface area contributed by atoms with E-state index >= 15 is 0 Å². The van der Waals surface area contributed by atoms with Crippen molar-refractivity contribution in [3.8, 4) is 0 Å². The summed E-state index contributed by atoms with van der Waals surface area (Å²) in [5.74, 6) is -1.07. The number of phosphoric acid groups is 1. The molecule has 1 rings (SSSR count). The first-order chi connectivity index (χ1) is 13.5. The minimum atomic E-state index is -4.14. The number of hydrogen-bond acceptors (Lipinski definition) is 9. The van der Waals surface area contributed by atoms with Crippen molar-refractivity contribution in [2.24, 2.45) is 0 Å². The number of cyclic esters (lactones) is 1. The molecule has 0 saturated heterocycles. The summed E-state index contributed by atoms with van der Waals surface area (Å²) in [5.41, 5.74) is 0. The zero-order valence-electron chi connectivity index (χ0n) is 15.5. The molecule has 156 valence electrons. The second-order valence-corrected chi connectivity index (χ2v) is 6.78. The van der Waals surface area contributed by atoms with Gasteiger partial charge in [0.1, 0.15) is 19.3 Å². The second-order valence-electron chi connectivity index (χ2n) is 5.16. The standard InChI is InChI=1S/C18H25O9P/c1-5-9-22-16-15(26-18(20)17(16)23-10-6-2)14(13-19)27-28(21,24-11-7-3)25-12-8-4/h5-8,14-15,19H,1-4,9-13H2/t14-,15+/m0/s1. The second kappa shape index (κ2) is 12.3. The quantitative estimate of drug-likeness (QED) is 0.230. The van der Waals surface area contributed by atoms with Crippen molar-refractivity contribution in [1.82, 2.24) is 0 Å². The number of hydrogen-bond donors (Lipinski definition) is 1. The molecule has 0 bridgehead atoms. The number of ether oxygens (including phenoxy) is 3. The molecule has 0 aliphatic carbocycles. The van der Waals surface area contributed by atoms with Crippen LogP contribution in [0.15, 0.2) is 62.1 Å². The van der Waals surface area contributed by atoms with Crippen molar-refractivity contribution in [1.29, 1.82) is 0 Å². The Hall–Kier alpha value is -2.16. The van der Waals surface area contributed by atoms with Crippen molar-refractivity contribution in [2.45, 2.75) is 12.2 Å². The molecule has 9 nitrogen and oxygen atoms in total. The summed E-state index contributed by atoms with van der Waals surface area (Å²) in [6.07, 6.45) is 2.99. The third-order valence-corrected chi connectivity index (χ3v) is 4.55. The maximum atomic E-state index is 12.8. The van der Waals surface area contributed by atoms with Crippen LogP contribution in [0.2, 0.25) is 0 Å². The number of phosphoric ester groups is 1. The van der Waals surface area contributed by atoms with Crippen LogP contribution in [0.25, 0.3) is 0 Å². The molecule has 1 aliphatic rings. The highest BCUT2D eigenvalue weighted by atomic mass is 31.2. The molecule has 0 fully saturated rings. The molecule has 0 aromatic heterocycles. The van der Waals surface area contributed by atoms with Gasteiger partial charge in [-0.05, 0) is 0 Å². The molecule has 0 radical (unpaired) electrons. The first-order valence-electron chi connectivity index (χ1n) is 8.29. The highest BCUT2D eigenvalue weighted by molar-refractivity contribution is 7.48. The van der Waals surface area contributed by atoms with E-state index < -0.39 is 32.6 Å². The Labute approximate surface area is 164 Å². The van der Waals surface area contributed by atoms with Gasteiger partial charge in [0.25, 0.3) is 0 Å². The molecule has 0 unspecified atom stereocenters. The smallest absolute Gasteiger partial charge is 0.475 e. The lowest BCUT2D eigenvalue weighted by Crippen LogP contribution is -2.35. The summed E-state index contributed by atoms with van der Waals surface area (Å²) < 4.78 is 44.3. The van der Waals surface area contributed by atoms with Gasteiger partial charge in [0.2, 0.25) is 5.76 Å². The zero-order chi connectivity index (χ0) is 21.0. The van der Waals surface area contributed by atoms with Crippen molar-refractivity contribution in [3.05, 3.63) is 62.1 Å². The third kappa shape index (κ3) is 6.78. The minimum Gasteiger partial charge on any atom is -0.486 e. The average molecular weight is 416 g/mol. The van der Waals surface area contributed by atoms with E-state index in [0.29, 0.717) is 0 Å². The number of aliphatic hydroxyl groups is 1. The van der Waals surface area contributed by atoms with Gasteiger partial charge >= 0.3 is 13.8 Å². The fraction of sp³-hybridized carbons (Fsp3) is 0.389. The molecule has 0 amide bonds. The highest BCUT2D eigenvalue weighted by Gasteiger charge is 2.46. The van der Waals surface area contributed by atoms with Gasteiger partial charge in [0, 0.05) is 0 Å². The Bertz CT molecular complexity index is 639. The predicted octanol–water partition coefficient (Wildman–Crippen LogP) is 2.42. The van der Waals surface area contributed by atoms with Crippen LogP contribution in [-0.4, -0.2) is 56.3 Å². The van der Waals surface area contributed by atoms with E-state index in [1.807, 2.05) is 0 Å². The average Bonchev–Trinajstić information content (AvgIpc) is 3.01. The number of aliphatic hydroxyl groups excluding tert-OH is 1. The molecule has 0 spiro atoms. The predicted molar refractivity (Wildman–Crippen MR) is 101 cm³/mol. The van der Waals surface area contributed by atoms with Gasteiger partial charge < -0.3 is 19.3 Å². The summed E-state index contributed by atoms with van der Waals surface area (Å²) in [4.78, 5) is 12.2. The van der Waals surface area contributed by atoms with Crippen LogP contribution in [0, 0.1) is 0 Å². The third-order valence-electron chi connectivity index (χ3n) is 3.09. The van der Waals surface area contributed by atoms with Crippen molar-refractivity contribution in [3.63, 3.8) is 0 Å². The Balaban J connectivity index is 3.12. The van der Waals surface area contributed by atoms with Crippen molar-refractivity contribution >= 4 is 13.8 Å². The summed E-state index contributed by atoms with van der Waals surface area (Å²) in [6.45, 7) is 13.0. The van der Waals surface area contributed by atoms with Gasteiger partial charge in [0.05, 0.1) is 19.8 Å². The van der Waals surface area contributed by atoms with Gasteiger partial charge in [-0.2, -0.15) is 0 Å². The monoisotopic (exact) mass is 416 g/mol. The number of rotatable bonds is 16. The molecule has 28 heavy (non-hydrogen) atoms. The maximum absolute atomic E-state index is 12.8. The van der Waals surface area contributed by atoms with E-state index in [9.17, 15) is 14.5 Å². The van der Waals surface area contributed by atoms with E-state index in [4.69, 9.17) is 27.8 Å². The first-order valence-corrected chi connectivity index (χ1v) is 9.75. The number of carbonyl (C=O) groups is 1. The van der Waals surface area contributed by atoms with Crippen LogP contribution in [0.4, 0.5) is 0 Å². The van der Waals surface area contributed by atoms with Crippen LogP contribution >= 0.6 is 7.82 Å². The van der Waals surface area contributed by atoms with Crippen LogP contribution in [0.1, 0.15) is 0 Å². The molecular formula is C18H25O9P. The summed E-state index contributed by atoms with van der Waals surface area (Å²) in [6, 6.07) is 0. The normalized spacial score (nSPS) is 17.6. The topological polar surface area (TPSA) is 110 Å². The fourth-order valence-electron chi connectivity index (χ4n) is 2.00. The Morgan fingerprint density at radius 3 is 2.04 bits per heavy atom. The van der Waals surface area contributed by atoms with Gasteiger partial charge in [-0.25, -0.2) is 9.36 Å². The molecule has 0 aromatic rings. The van der Waals surface area contributed by atoms with E-state index in [2.05, 4.69) is 26.3 Å². The lowest BCUT2D eigenvalue weighted by Gasteiger charge is -2.26. The molecule has 0 saturated carbocycles. The summed E-state index contributed by atoms with van der Waals surface area (Å²) >= 11 is 0. The van der Waals surface area contributed by atoms with Crippen LogP contribution in [0.5, 0.6) is 0 Å². The molecule has 0 aromatic carbocycles. The Morgan fingerprint density at radius 2 is 1.54 bits per heavy atom. The Morgan fingerprint density at radius 1 is 1.00 bits per heavy atom. The summed E-state index contributed by atoms with van der Waals surface area (Å²) in [7, 11) is -4.14. The van der Waals surface area contributed by atoms with E-state index in [0.717, 1.165) is 0 Å². The lowest BCUT2D eigenvalue weighted by atomic mass is 10.2. The van der Waals surface area contributed by atoms with Crippen molar-refractivity contribution < 1.29 is 42.2 Å².